The summed E-state index contributed by atoms with van der Waals surface area (Å²) in [6.45, 7) is 8.64. The minimum atomic E-state index is 1.21. The molecule has 0 fully saturated rings. The summed E-state index contributed by atoms with van der Waals surface area (Å²) in [5, 5.41) is 0. The summed E-state index contributed by atoms with van der Waals surface area (Å²) in [4.78, 5) is 0. The van der Waals surface area contributed by atoms with Crippen molar-refractivity contribution in [1.82, 2.24) is 0 Å². The van der Waals surface area contributed by atoms with E-state index in [4.69, 9.17) is 0 Å². The van der Waals surface area contributed by atoms with E-state index in [1.165, 1.54) is 30.4 Å². The van der Waals surface area contributed by atoms with E-state index in [1.807, 2.05) is 0 Å². The second kappa shape index (κ2) is 7.85. The van der Waals surface area contributed by atoms with E-state index in [1.54, 1.807) is 0 Å². The molecule has 0 unspecified atom stereocenters. The second-order valence-electron chi connectivity index (χ2n) is 3.38. The van der Waals surface area contributed by atoms with E-state index in [9.17, 15) is 0 Å². The Hall–Kier alpha value is -0.780. The Labute approximate surface area is 83.0 Å². The van der Waals surface area contributed by atoms with Crippen LogP contribution in [0.3, 0.4) is 0 Å². The Balaban J connectivity index is 0.000000424. The highest BCUT2D eigenvalue weighted by Gasteiger charge is 1.92. The van der Waals surface area contributed by atoms with Gasteiger partial charge in [-0.1, -0.05) is 57.9 Å². The zero-order valence-corrected chi connectivity index (χ0v) is 9.43. The molecule has 0 saturated heterocycles. The van der Waals surface area contributed by atoms with Crippen LogP contribution in [-0.2, 0) is 6.42 Å². The summed E-state index contributed by atoms with van der Waals surface area (Å²) in [5.74, 6) is 0. The van der Waals surface area contributed by atoms with Gasteiger partial charge in [-0.15, -0.1) is 0 Å². The maximum atomic E-state index is 2.21. The van der Waals surface area contributed by atoms with E-state index >= 15 is 0 Å². The third kappa shape index (κ3) is 5.46. The fourth-order valence-electron chi connectivity index (χ4n) is 1.16. The molecule has 0 N–H and O–H groups in total. The minimum absolute atomic E-state index is 1.21. The first-order valence-electron chi connectivity index (χ1n) is 5.30. The lowest BCUT2D eigenvalue weighted by atomic mass is 10.1. The molecule has 1 aromatic rings. The van der Waals surface area contributed by atoms with Crippen molar-refractivity contribution in [2.45, 2.75) is 47.0 Å². The van der Waals surface area contributed by atoms with Gasteiger partial charge in [0.2, 0.25) is 0 Å². The number of hydrogen-bond acceptors (Lipinski definition) is 0. The molecule has 0 heteroatoms. The van der Waals surface area contributed by atoms with Crippen LogP contribution in [0.4, 0.5) is 0 Å². The van der Waals surface area contributed by atoms with E-state index in [0.29, 0.717) is 0 Å². The van der Waals surface area contributed by atoms with Gasteiger partial charge in [-0.3, -0.25) is 0 Å². The van der Waals surface area contributed by atoms with Gasteiger partial charge in [-0.2, -0.15) is 0 Å². The number of aryl methyl sites for hydroxylation is 2. The van der Waals surface area contributed by atoms with Crippen LogP contribution in [0, 0.1) is 6.92 Å². The summed E-state index contributed by atoms with van der Waals surface area (Å²) in [6.07, 6.45) is 3.71. The third-order valence-electron chi connectivity index (χ3n) is 1.78. The largest absolute Gasteiger partial charge is 0.0656 e. The van der Waals surface area contributed by atoms with Gasteiger partial charge >= 0.3 is 0 Å². The topological polar surface area (TPSA) is 0 Å². The van der Waals surface area contributed by atoms with Crippen molar-refractivity contribution in [1.29, 1.82) is 0 Å². The lowest BCUT2D eigenvalue weighted by Crippen LogP contribution is -1.85. The second-order valence-corrected chi connectivity index (χ2v) is 3.38. The molecule has 0 bridgehead atoms. The molecule has 0 aliphatic heterocycles. The Morgan fingerprint density at radius 2 is 1.54 bits per heavy atom. The smallest absolute Gasteiger partial charge is 0.0279 e. The molecule has 0 spiro atoms. The van der Waals surface area contributed by atoms with Crippen LogP contribution in [0.5, 0.6) is 0 Å². The normalized spacial score (nSPS) is 8.92. The average Bonchev–Trinajstić information content (AvgIpc) is 2.11. The SMILES string of the molecule is CCC.CCCc1ccccc1C. The predicted octanol–water partition coefficient (Wildman–Crippen LogP) is 4.36. The average molecular weight is 178 g/mol. The monoisotopic (exact) mass is 178 g/mol. The predicted molar refractivity (Wildman–Crippen MR) is 61.1 cm³/mol. The Bertz CT molecular complexity index is 213. The highest BCUT2D eigenvalue weighted by molar-refractivity contribution is 5.25. The first-order valence-corrected chi connectivity index (χ1v) is 5.30. The van der Waals surface area contributed by atoms with Gasteiger partial charge in [-0.25, -0.2) is 0 Å². The molecule has 0 aromatic heterocycles. The molecule has 0 aliphatic carbocycles. The molecule has 13 heavy (non-hydrogen) atoms. The summed E-state index contributed by atoms with van der Waals surface area (Å²) in [5.41, 5.74) is 2.91. The first kappa shape index (κ1) is 12.2. The Morgan fingerprint density at radius 3 is 2.00 bits per heavy atom. The quantitative estimate of drug-likeness (QED) is 0.631. The maximum absolute atomic E-state index is 2.21. The summed E-state index contributed by atoms with van der Waals surface area (Å²) < 4.78 is 0. The van der Waals surface area contributed by atoms with Crippen molar-refractivity contribution in [3.63, 3.8) is 0 Å². The van der Waals surface area contributed by atoms with Crippen LogP contribution in [0.15, 0.2) is 24.3 Å². The molecule has 0 aliphatic rings. The molecule has 1 rings (SSSR count). The highest BCUT2D eigenvalue weighted by Crippen LogP contribution is 2.08. The van der Waals surface area contributed by atoms with E-state index in [-0.39, 0.29) is 0 Å². The van der Waals surface area contributed by atoms with Crippen molar-refractivity contribution in [2.24, 2.45) is 0 Å². The van der Waals surface area contributed by atoms with Crippen LogP contribution in [0.25, 0.3) is 0 Å². The van der Waals surface area contributed by atoms with Crippen molar-refractivity contribution in [2.75, 3.05) is 0 Å². The van der Waals surface area contributed by atoms with Gasteiger partial charge < -0.3 is 0 Å². The van der Waals surface area contributed by atoms with Crippen LogP contribution in [0.1, 0.15) is 44.7 Å². The lowest BCUT2D eigenvalue weighted by Gasteiger charge is -2.01. The molecule has 1 aromatic carbocycles. The number of hydrogen-bond donors (Lipinski definition) is 0. The number of rotatable bonds is 2. The zero-order valence-electron chi connectivity index (χ0n) is 9.43. The van der Waals surface area contributed by atoms with Gasteiger partial charge in [0.05, 0.1) is 0 Å². The van der Waals surface area contributed by atoms with Gasteiger partial charge in [0.15, 0.2) is 0 Å². The summed E-state index contributed by atoms with van der Waals surface area (Å²) >= 11 is 0. The Morgan fingerprint density at radius 1 is 1.00 bits per heavy atom. The summed E-state index contributed by atoms with van der Waals surface area (Å²) in [6, 6.07) is 8.58. The molecule has 0 saturated carbocycles. The highest BCUT2D eigenvalue weighted by atomic mass is 14.0. The molecule has 74 valence electrons. The van der Waals surface area contributed by atoms with Crippen molar-refractivity contribution in [3.05, 3.63) is 35.4 Å². The standard InChI is InChI=1S/C10H14.C3H8/c1-3-6-10-8-5-4-7-9(10)2;1-3-2/h4-5,7-8H,3,6H2,1-2H3;3H2,1-2H3. The number of benzene rings is 1. The molecule has 0 nitrogen and oxygen atoms in total. The molecule has 0 atom stereocenters. The van der Waals surface area contributed by atoms with E-state index in [0.717, 1.165) is 0 Å². The van der Waals surface area contributed by atoms with Crippen LogP contribution < -0.4 is 0 Å². The van der Waals surface area contributed by atoms with Gasteiger partial charge in [-0.05, 0) is 24.5 Å². The van der Waals surface area contributed by atoms with Crippen molar-refractivity contribution in [3.8, 4) is 0 Å². The van der Waals surface area contributed by atoms with Gasteiger partial charge in [0, 0.05) is 0 Å². The molecular weight excluding hydrogens is 156 g/mol. The Kier molecular flexibility index (Phi) is 7.38. The van der Waals surface area contributed by atoms with E-state index in [2.05, 4.69) is 52.0 Å². The molecule has 0 radical (unpaired) electrons. The molecule has 0 amide bonds. The minimum Gasteiger partial charge on any atom is -0.0656 e. The van der Waals surface area contributed by atoms with Gasteiger partial charge in [0.25, 0.3) is 0 Å². The maximum Gasteiger partial charge on any atom is -0.0279 e. The van der Waals surface area contributed by atoms with Crippen LogP contribution in [0.2, 0.25) is 0 Å². The van der Waals surface area contributed by atoms with Crippen molar-refractivity contribution >= 4 is 0 Å². The third-order valence-corrected chi connectivity index (χ3v) is 1.78. The molecule has 0 heterocycles. The van der Waals surface area contributed by atoms with E-state index < -0.39 is 0 Å². The summed E-state index contributed by atoms with van der Waals surface area (Å²) in [7, 11) is 0. The van der Waals surface area contributed by atoms with Crippen molar-refractivity contribution < 1.29 is 0 Å². The fraction of sp³-hybridized carbons (Fsp3) is 0.538. The fourth-order valence-corrected chi connectivity index (χ4v) is 1.16. The van der Waals surface area contributed by atoms with Crippen LogP contribution >= 0.6 is 0 Å². The first-order chi connectivity index (χ1) is 6.26. The lowest BCUT2D eigenvalue weighted by molar-refractivity contribution is 0.913. The zero-order chi connectivity index (χ0) is 10.1. The van der Waals surface area contributed by atoms with Gasteiger partial charge in [0.1, 0.15) is 0 Å². The molecular formula is C13H22. The van der Waals surface area contributed by atoms with Crippen LogP contribution in [-0.4, -0.2) is 0 Å².